The van der Waals surface area contributed by atoms with Crippen LogP contribution in [0.25, 0.3) is 5.65 Å². The molecule has 0 amide bonds. The Labute approximate surface area is 74.8 Å². The highest BCUT2D eigenvalue weighted by molar-refractivity contribution is 6.16. The molecule has 0 unspecified atom stereocenters. The number of alkyl halides is 1. The number of nitrogens with two attached hydrogens (primary N) is 1. The maximum atomic E-state index is 5.70. The number of aromatic nitrogens is 2. The summed E-state index contributed by atoms with van der Waals surface area (Å²) in [7, 11) is 0. The van der Waals surface area contributed by atoms with E-state index in [1.165, 1.54) is 0 Å². The van der Waals surface area contributed by atoms with Crippen molar-refractivity contribution in [2.75, 3.05) is 5.73 Å². The van der Waals surface area contributed by atoms with Crippen LogP contribution in [-0.4, -0.2) is 9.38 Å². The van der Waals surface area contributed by atoms with Gasteiger partial charge in [0.25, 0.3) is 0 Å². The number of halogens is 1. The van der Waals surface area contributed by atoms with Crippen LogP contribution < -0.4 is 5.73 Å². The monoisotopic (exact) mass is 181 g/mol. The predicted molar refractivity (Wildman–Crippen MR) is 49.2 cm³/mol. The average Bonchev–Trinajstić information content (AvgIpc) is 2.49. The van der Waals surface area contributed by atoms with Gasteiger partial charge in [-0.05, 0) is 12.1 Å². The third-order valence-corrected chi connectivity index (χ3v) is 1.98. The fourth-order valence-electron chi connectivity index (χ4n) is 1.15. The van der Waals surface area contributed by atoms with E-state index in [1.54, 1.807) is 0 Å². The lowest BCUT2D eigenvalue weighted by Crippen LogP contribution is -1.93. The van der Waals surface area contributed by atoms with Crippen LogP contribution in [0.2, 0.25) is 0 Å². The number of pyridine rings is 1. The first kappa shape index (κ1) is 7.43. The molecule has 0 radical (unpaired) electrons. The van der Waals surface area contributed by atoms with E-state index >= 15 is 0 Å². The van der Waals surface area contributed by atoms with Gasteiger partial charge in [-0.1, -0.05) is 6.07 Å². The van der Waals surface area contributed by atoms with E-state index in [0.717, 1.165) is 11.3 Å². The summed E-state index contributed by atoms with van der Waals surface area (Å²) in [5, 5.41) is 0. The number of fused-ring (bicyclic) bond motifs is 1. The zero-order valence-corrected chi connectivity index (χ0v) is 7.12. The Morgan fingerprint density at radius 2 is 2.33 bits per heavy atom. The van der Waals surface area contributed by atoms with Crippen LogP contribution in [0.15, 0.2) is 24.4 Å². The summed E-state index contributed by atoms with van der Waals surface area (Å²) in [5.41, 5.74) is 7.38. The molecule has 62 valence electrons. The van der Waals surface area contributed by atoms with Crippen LogP contribution in [0.4, 0.5) is 5.82 Å². The molecule has 0 bridgehead atoms. The van der Waals surface area contributed by atoms with Crippen molar-refractivity contribution in [1.82, 2.24) is 9.38 Å². The Morgan fingerprint density at radius 3 is 3.00 bits per heavy atom. The number of nitrogen functional groups attached to an aromatic ring is 1. The van der Waals surface area contributed by atoms with Gasteiger partial charge in [0, 0.05) is 6.20 Å². The normalized spacial score (nSPS) is 10.8. The quantitative estimate of drug-likeness (QED) is 0.680. The first-order chi connectivity index (χ1) is 5.81. The van der Waals surface area contributed by atoms with Crippen molar-refractivity contribution in [3.63, 3.8) is 0 Å². The molecule has 2 aromatic rings. The van der Waals surface area contributed by atoms with Crippen molar-refractivity contribution in [1.29, 1.82) is 0 Å². The van der Waals surface area contributed by atoms with E-state index in [1.807, 2.05) is 28.8 Å². The Hall–Kier alpha value is -1.22. The summed E-state index contributed by atoms with van der Waals surface area (Å²) in [5.74, 6) is 1.09. The van der Waals surface area contributed by atoms with Crippen molar-refractivity contribution in [2.45, 2.75) is 5.88 Å². The highest BCUT2D eigenvalue weighted by atomic mass is 35.5. The molecular formula is C8H8ClN3. The minimum atomic E-state index is 0.418. The molecule has 0 fully saturated rings. The Balaban J connectivity index is 2.74. The summed E-state index contributed by atoms with van der Waals surface area (Å²) in [6.07, 6.45) is 1.84. The fourth-order valence-corrected chi connectivity index (χ4v) is 1.28. The van der Waals surface area contributed by atoms with Crippen LogP contribution in [0.5, 0.6) is 0 Å². The SMILES string of the molecule is Nc1cccc2nc(CCl)cn12. The smallest absolute Gasteiger partial charge is 0.138 e. The number of nitrogens with zero attached hydrogens (tertiary/aromatic N) is 2. The number of anilines is 1. The minimum absolute atomic E-state index is 0.418. The zero-order chi connectivity index (χ0) is 8.55. The van der Waals surface area contributed by atoms with Gasteiger partial charge in [0.15, 0.2) is 0 Å². The van der Waals surface area contributed by atoms with Crippen LogP contribution >= 0.6 is 11.6 Å². The predicted octanol–water partition coefficient (Wildman–Crippen LogP) is 1.66. The van der Waals surface area contributed by atoms with Crippen molar-refractivity contribution < 1.29 is 0 Å². The molecule has 0 atom stereocenters. The van der Waals surface area contributed by atoms with Crippen LogP contribution in [0.3, 0.4) is 0 Å². The summed E-state index contributed by atoms with van der Waals surface area (Å²) in [6.45, 7) is 0. The standard InChI is InChI=1S/C8H8ClN3/c9-4-6-5-12-7(10)2-1-3-8(12)11-6/h1-3,5H,4,10H2. The average molecular weight is 182 g/mol. The van der Waals surface area contributed by atoms with Crippen molar-refractivity contribution in [3.8, 4) is 0 Å². The summed E-state index contributed by atoms with van der Waals surface area (Å²) in [6, 6.07) is 5.59. The summed E-state index contributed by atoms with van der Waals surface area (Å²) >= 11 is 5.63. The molecule has 12 heavy (non-hydrogen) atoms. The molecule has 0 spiro atoms. The van der Waals surface area contributed by atoms with E-state index in [2.05, 4.69) is 4.98 Å². The fraction of sp³-hybridized carbons (Fsp3) is 0.125. The van der Waals surface area contributed by atoms with Gasteiger partial charge in [0.1, 0.15) is 11.5 Å². The van der Waals surface area contributed by atoms with Gasteiger partial charge in [-0.2, -0.15) is 0 Å². The van der Waals surface area contributed by atoms with E-state index in [9.17, 15) is 0 Å². The molecule has 3 nitrogen and oxygen atoms in total. The van der Waals surface area contributed by atoms with Crippen LogP contribution in [0, 0.1) is 0 Å². The first-order valence-electron chi connectivity index (χ1n) is 3.59. The van der Waals surface area contributed by atoms with Gasteiger partial charge in [0.05, 0.1) is 11.6 Å². The molecule has 0 saturated carbocycles. The van der Waals surface area contributed by atoms with Gasteiger partial charge in [-0.15, -0.1) is 11.6 Å². The first-order valence-corrected chi connectivity index (χ1v) is 4.13. The van der Waals surface area contributed by atoms with Gasteiger partial charge in [-0.25, -0.2) is 4.98 Å². The van der Waals surface area contributed by atoms with Gasteiger partial charge in [0.2, 0.25) is 0 Å². The summed E-state index contributed by atoms with van der Waals surface area (Å²) in [4.78, 5) is 4.24. The molecule has 2 N–H and O–H groups in total. The number of hydrogen-bond donors (Lipinski definition) is 1. The van der Waals surface area contributed by atoms with Crippen molar-refractivity contribution >= 4 is 23.1 Å². The molecule has 2 rings (SSSR count). The van der Waals surface area contributed by atoms with Crippen LogP contribution in [-0.2, 0) is 5.88 Å². The Bertz CT molecular complexity index is 408. The van der Waals surface area contributed by atoms with Crippen LogP contribution in [0.1, 0.15) is 5.69 Å². The maximum absolute atomic E-state index is 5.70. The molecule has 0 aliphatic heterocycles. The second-order valence-corrected chi connectivity index (χ2v) is 2.81. The van der Waals surface area contributed by atoms with Crippen molar-refractivity contribution in [3.05, 3.63) is 30.1 Å². The summed E-state index contributed by atoms with van der Waals surface area (Å²) < 4.78 is 1.82. The minimum Gasteiger partial charge on any atom is -0.385 e. The largest absolute Gasteiger partial charge is 0.385 e. The third-order valence-electron chi connectivity index (χ3n) is 1.71. The molecule has 2 heterocycles. The zero-order valence-electron chi connectivity index (χ0n) is 6.37. The molecule has 0 aliphatic carbocycles. The van der Waals surface area contributed by atoms with E-state index in [0.29, 0.717) is 11.7 Å². The molecule has 0 aromatic carbocycles. The highest BCUT2D eigenvalue weighted by Crippen LogP contribution is 2.11. The number of imidazole rings is 1. The van der Waals surface area contributed by atoms with Gasteiger partial charge < -0.3 is 5.73 Å². The van der Waals surface area contributed by atoms with Gasteiger partial charge >= 0.3 is 0 Å². The number of rotatable bonds is 1. The topological polar surface area (TPSA) is 43.3 Å². The van der Waals surface area contributed by atoms with Gasteiger partial charge in [-0.3, -0.25) is 4.40 Å². The Morgan fingerprint density at radius 1 is 1.50 bits per heavy atom. The third kappa shape index (κ3) is 1.02. The van der Waals surface area contributed by atoms with E-state index < -0.39 is 0 Å². The lowest BCUT2D eigenvalue weighted by Gasteiger charge is -1.95. The number of hydrogen-bond acceptors (Lipinski definition) is 2. The molecule has 0 saturated heterocycles. The second kappa shape index (κ2) is 2.68. The van der Waals surface area contributed by atoms with Crippen molar-refractivity contribution in [2.24, 2.45) is 0 Å². The molecule has 4 heteroatoms. The molecule has 2 aromatic heterocycles. The maximum Gasteiger partial charge on any atom is 0.138 e. The Kier molecular flexibility index (Phi) is 1.66. The highest BCUT2D eigenvalue weighted by Gasteiger charge is 2.00. The molecular weight excluding hydrogens is 174 g/mol. The van der Waals surface area contributed by atoms with E-state index in [4.69, 9.17) is 17.3 Å². The lowest BCUT2D eigenvalue weighted by molar-refractivity contribution is 1.20. The lowest BCUT2D eigenvalue weighted by atomic mass is 10.4. The second-order valence-electron chi connectivity index (χ2n) is 2.54. The van der Waals surface area contributed by atoms with E-state index in [-0.39, 0.29) is 0 Å². The molecule has 0 aliphatic rings.